The highest BCUT2D eigenvalue weighted by Gasteiger charge is 2.34. The molecule has 2 aromatic carbocycles. The summed E-state index contributed by atoms with van der Waals surface area (Å²) in [5.41, 5.74) is 2.29. The number of hydrogen-bond donors (Lipinski definition) is 1. The molecule has 0 bridgehead atoms. The maximum absolute atomic E-state index is 12.4. The van der Waals surface area contributed by atoms with E-state index in [4.69, 9.17) is 4.74 Å². The van der Waals surface area contributed by atoms with E-state index in [1.165, 1.54) is 5.56 Å². The number of Topliss-reactive ketones (excluding diaryl/α,β-unsaturated/α-hetero) is 1. The van der Waals surface area contributed by atoms with Crippen LogP contribution in [-0.2, 0) is 4.79 Å². The average Bonchev–Trinajstić information content (AvgIpc) is 2.58. The van der Waals surface area contributed by atoms with Crippen molar-refractivity contribution in [2.24, 2.45) is 5.92 Å². The molecular formula is C19H21NO2. The second-order valence-electron chi connectivity index (χ2n) is 5.84. The van der Waals surface area contributed by atoms with Crippen molar-refractivity contribution in [2.75, 3.05) is 7.11 Å². The molecule has 3 nitrogen and oxygen atoms in total. The summed E-state index contributed by atoms with van der Waals surface area (Å²) >= 11 is 0. The molecule has 114 valence electrons. The molecule has 1 aliphatic heterocycles. The van der Waals surface area contributed by atoms with Crippen LogP contribution in [0.5, 0.6) is 5.75 Å². The molecule has 0 radical (unpaired) electrons. The molecule has 2 aromatic rings. The van der Waals surface area contributed by atoms with E-state index >= 15 is 0 Å². The normalized spacial score (nSPS) is 25.0. The highest BCUT2D eigenvalue weighted by Crippen LogP contribution is 2.35. The smallest absolute Gasteiger partial charge is 0.139 e. The zero-order valence-corrected chi connectivity index (χ0v) is 13.0. The van der Waals surface area contributed by atoms with Gasteiger partial charge in [-0.3, -0.25) is 4.79 Å². The molecule has 3 rings (SSSR count). The van der Waals surface area contributed by atoms with Crippen molar-refractivity contribution in [2.45, 2.75) is 25.4 Å². The highest BCUT2D eigenvalue weighted by atomic mass is 16.5. The molecule has 0 saturated carbocycles. The lowest BCUT2D eigenvalue weighted by Crippen LogP contribution is -2.41. The molecule has 22 heavy (non-hydrogen) atoms. The van der Waals surface area contributed by atoms with Crippen molar-refractivity contribution in [3.8, 4) is 5.75 Å². The largest absolute Gasteiger partial charge is 0.497 e. The van der Waals surface area contributed by atoms with Gasteiger partial charge in [0, 0.05) is 24.4 Å². The van der Waals surface area contributed by atoms with Gasteiger partial charge in [0.1, 0.15) is 11.5 Å². The van der Waals surface area contributed by atoms with Crippen LogP contribution in [0.2, 0.25) is 0 Å². The summed E-state index contributed by atoms with van der Waals surface area (Å²) in [4.78, 5) is 12.4. The van der Waals surface area contributed by atoms with E-state index in [0.29, 0.717) is 12.2 Å². The van der Waals surface area contributed by atoms with Crippen LogP contribution >= 0.6 is 0 Å². The first kappa shape index (κ1) is 14.8. The van der Waals surface area contributed by atoms with Crippen LogP contribution in [0.4, 0.5) is 0 Å². The van der Waals surface area contributed by atoms with Gasteiger partial charge >= 0.3 is 0 Å². The highest BCUT2D eigenvalue weighted by molar-refractivity contribution is 5.83. The first-order valence-corrected chi connectivity index (χ1v) is 7.66. The minimum absolute atomic E-state index is 0.0200. The Balaban J connectivity index is 1.86. The monoisotopic (exact) mass is 295 g/mol. The Morgan fingerprint density at radius 3 is 2.32 bits per heavy atom. The molecule has 1 aliphatic rings. The van der Waals surface area contributed by atoms with Crippen LogP contribution < -0.4 is 10.1 Å². The van der Waals surface area contributed by atoms with E-state index in [2.05, 4.69) is 17.4 Å². The van der Waals surface area contributed by atoms with Crippen molar-refractivity contribution in [1.82, 2.24) is 5.32 Å². The lowest BCUT2D eigenvalue weighted by Gasteiger charge is -2.35. The minimum Gasteiger partial charge on any atom is -0.497 e. The molecule has 3 atom stereocenters. The quantitative estimate of drug-likeness (QED) is 0.939. The fourth-order valence-corrected chi connectivity index (χ4v) is 3.09. The average molecular weight is 295 g/mol. The predicted octanol–water partition coefficient (Wildman–Crippen LogP) is 3.68. The Morgan fingerprint density at radius 2 is 1.68 bits per heavy atom. The number of ether oxygens (including phenoxy) is 1. The van der Waals surface area contributed by atoms with Crippen LogP contribution in [0.3, 0.4) is 0 Å². The van der Waals surface area contributed by atoms with Gasteiger partial charge in [0.25, 0.3) is 0 Å². The second kappa shape index (κ2) is 6.32. The number of hydrogen-bond acceptors (Lipinski definition) is 3. The van der Waals surface area contributed by atoms with E-state index in [-0.39, 0.29) is 18.0 Å². The number of ketones is 1. The van der Waals surface area contributed by atoms with Crippen LogP contribution in [0.25, 0.3) is 0 Å². The molecule has 0 unspecified atom stereocenters. The number of piperidine rings is 1. The van der Waals surface area contributed by atoms with Crippen LogP contribution in [0, 0.1) is 5.92 Å². The van der Waals surface area contributed by atoms with Gasteiger partial charge in [0.05, 0.1) is 7.11 Å². The van der Waals surface area contributed by atoms with E-state index < -0.39 is 0 Å². The third kappa shape index (κ3) is 2.90. The molecule has 1 N–H and O–H groups in total. The zero-order valence-electron chi connectivity index (χ0n) is 13.0. The first-order chi connectivity index (χ1) is 10.7. The maximum Gasteiger partial charge on any atom is 0.139 e. The number of rotatable bonds is 3. The van der Waals surface area contributed by atoms with Crippen LogP contribution in [0.1, 0.15) is 36.6 Å². The molecule has 3 heteroatoms. The Morgan fingerprint density at radius 1 is 1.00 bits per heavy atom. The van der Waals surface area contributed by atoms with Gasteiger partial charge in [-0.05, 0) is 23.3 Å². The third-order valence-corrected chi connectivity index (χ3v) is 4.47. The summed E-state index contributed by atoms with van der Waals surface area (Å²) < 4.78 is 5.21. The Bertz CT molecular complexity index is 636. The summed E-state index contributed by atoms with van der Waals surface area (Å²) in [5, 5.41) is 3.64. The zero-order chi connectivity index (χ0) is 15.5. The van der Waals surface area contributed by atoms with Gasteiger partial charge in [0.15, 0.2) is 0 Å². The van der Waals surface area contributed by atoms with Crippen LogP contribution in [-0.4, -0.2) is 12.9 Å². The van der Waals surface area contributed by atoms with Crippen molar-refractivity contribution in [1.29, 1.82) is 0 Å². The fourth-order valence-electron chi connectivity index (χ4n) is 3.09. The third-order valence-electron chi connectivity index (χ3n) is 4.47. The van der Waals surface area contributed by atoms with Crippen LogP contribution in [0.15, 0.2) is 54.6 Å². The van der Waals surface area contributed by atoms with Crippen molar-refractivity contribution in [3.05, 3.63) is 65.7 Å². The summed E-state index contributed by atoms with van der Waals surface area (Å²) in [5.74, 6) is 1.12. The molecule has 0 aromatic heterocycles. The number of benzene rings is 2. The van der Waals surface area contributed by atoms with E-state index in [9.17, 15) is 4.79 Å². The minimum atomic E-state index is -0.0200. The van der Waals surface area contributed by atoms with Gasteiger partial charge in [-0.1, -0.05) is 49.4 Å². The standard InChI is InChI=1S/C19H21NO2/c1-13-18(21)12-17(14-6-4-3-5-7-14)20-19(13)15-8-10-16(22-2)11-9-15/h3-11,13,17,19-20H,12H2,1-2H3/t13-,17-,19+/m0/s1. The lowest BCUT2D eigenvalue weighted by atomic mass is 9.82. The molecule has 0 spiro atoms. The number of nitrogens with one attached hydrogen (secondary N) is 1. The Kier molecular flexibility index (Phi) is 4.25. The lowest BCUT2D eigenvalue weighted by molar-refractivity contribution is -0.126. The number of carbonyl (C=O) groups is 1. The first-order valence-electron chi connectivity index (χ1n) is 7.66. The summed E-state index contributed by atoms with van der Waals surface area (Å²) in [6.45, 7) is 2.01. The van der Waals surface area contributed by atoms with E-state index in [1.54, 1.807) is 7.11 Å². The molecule has 0 aliphatic carbocycles. The molecule has 1 heterocycles. The molecule has 1 saturated heterocycles. The van der Waals surface area contributed by atoms with E-state index in [0.717, 1.165) is 11.3 Å². The van der Waals surface area contributed by atoms with Crippen molar-refractivity contribution >= 4 is 5.78 Å². The molecule has 0 amide bonds. The maximum atomic E-state index is 12.4. The van der Waals surface area contributed by atoms with Gasteiger partial charge < -0.3 is 10.1 Å². The van der Waals surface area contributed by atoms with Gasteiger partial charge in [-0.15, -0.1) is 0 Å². The topological polar surface area (TPSA) is 38.3 Å². The summed E-state index contributed by atoms with van der Waals surface area (Å²) in [6.07, 6.45) is 0.553. The molecule has 1 fully saturated rings. The fraction of sp³-hybridized carbons (Fsp3) is 0.316. The Hall–Kier alpha value is -2.13. The number of methoxy groups -OCH3 is 1. The van der Waals surface area contributed by atoms with Gasteiger partial charge in [-0.2, -0.15) is 0 Å². The summed E-state index contributed by atoms with van der Waals surface area (Å²) in [7, 11) is 1.66. The second-order valence-corrected chi connectivity index (χ2v) is 5.84. The van der Waals surface area contributed by atoms with Crippen molar-refractivity contribution < 1.29 is 9.53 Å². The summed E-state index contributed by atoms with van der Waals surface area (Å²) in [6, 6.07) is 18.3. The van der Waals surface area contributed by atoms with E-state index in [1.807, 2.05) is 49.4 Å². The SMILES string of the molecule is COc1ccc([C@@H]2N[C@H](c3ccccc3)CC(=O)[C@@H]2C)cc1. The molecular weight excluding hydrogens is 274 g/mol. The van der Waals surface area contributed by atoms with Gasteiger partial charge in [0.2, 0.25) is 0 Å². The van der Waals surface area contributed by atoms with Gasteiger partial charge in [-0.25, -0.2) is 0 Å². The number of carbonyl (C=O) groups excluding carboxylic acids is 1. The van der Waals surface area contributed by atoms with Crippen molar-refractivity contribution in [3.63, 3.8) is 0 Å². The Labute approximate surface area is 131 Å². The predicted molar refractivity (Wildman–Crippen MR) is 86.8 cm³/mol.